The molecule has 1 aliphatic heterocycles. The molecule has 0 spiro atoms. The van der Waals surface area contributed by atoms with Crippen molar-refractivity contribution in [2.24, 2.45) is 0 Å². The van der Waals surface area contributed by atoms with Crippen molar-refractivity contribution < 1.29 is 0 Å². The van der Waals surface area contributed by atoms with Crippen molar-refractivity contribution in [3.8, 4) is 0 Å². The molecule has 2 N–H and O–H groups in total. The molecule has 0 saturated heterocycles. The molecular weight excluding hydrogens is 256 g/mol. The Morgan fingerprint density at radius 1 is 0.905 bits per heavy atom. The van der Waals surface area contributed by atoms with Gasteiger partial charge in [-0.2, -0.15) is 0 Å². The molecule has 0 saturated carbocycles. The Kier molecular flexibility index (Phi) is 4.37. The van der Waals surface area contributed by atoms with E-state index in [9.17, 15) is 0 Å². The molecule has 0 radical (unpaired) electrons. The second-order valence-electron chi connectivity index (χ2n) is 5.97. The van der Waals surface area contributed by atoms with Crippen LogP contribution in [-0.4, -0.2) is 12.6 Å². The third kappa shape index (κ3) is 3.46. The summed E-state index contributed by atoms with van der Waals surface area (Å²) in [5, 5.41) is 0. The average Bonchev–Trinajstić information content (AvgIpc) is 2.46. The molecule has 0 atom stereocenters. The minimum atomic E-state index is 0.123. The van der Waals surface area contributed by atoms with Crippen LogP contribution in [0.2, 0.25) is 0 Å². The Hall–Kier alpha value is -2.22. The van der Waals surface area contributed by atoms with E-state index in [4.69, 9.17) is 5.73 Å². The lowest BCUT2D eigenvalue weighted by molar-refractivity contribution is 0.598. The van der Waals surface area contributed by atoms with Gasteiger partial charge in [-0.05, 0) is 44.5 Å². The van der Waals surface area contributed by atoms with Crippen LogP contribution in [0, 0.1) is 0 Å². The molecule has 21 heavy (non-hydrogen) atoms. The van der Waals surface area contributed by atoms with E-state index in [1.165, 1.54) is 16.8 Å². The predicted molar refractivity (Wildman–Crippen MR) is 93.4 cm³/mol. The number of allylic oxidation sites excluding steroid dienone is 1. The first-order valence-corrected chi connectivity index (χ1v) is 7.25. The lowest BCUT2D eigenvalue weighted by atomic mass is 9.89. The summed E-state index contributed by atoms with van der Waals surface area (Å²) in [6.07, 6.45) is 2.33. The van der Waals surface area contributed by atoms with Crippen LogP contribution in [0.1, 0.15) is 26.3 Å². The normalized spacial score (nSPS) is 15.4. The van der Waals surface area contributed by atoms with E-state index >= 15 is 0 Å². The highest BCUT2D eigenvalue weighted by Crippen LogP contribution is 2.37. The largest absolute Gasteiger partial charge is 0.399 e. The van der Waals surface area contributed by atoms with E-state index in [-0.39, 0.29) is 5.54 Å². The van der Waals surface area contributed by atoms with Gasteiger partial charge in [0.15, 0.2) is 0 Å². The molecule has 1 aliphatic rings. The number of nitrogen functional groups attached to an aromatic ring is 1. The molecule has 0 aromatic heterocycles. The summed E-state index contributed by atoms with van der Waals surface area (Å²) in [5.74, 6) is 0. The molecular formula is C19H24N2. The van der Waals surface area contributed by atoms with Crippen molar-refractivity contribution in [2.75, 3.05) is 17.7 Å². The van der Waals surface area contributed by atoms with Gasteiger partial charge in [0.1, 0.15) is 0 Å². The van der Waals surface area contributed by atoms with Gasteiger partial charge < -0.3 is 10.6 Å². The van der Waals surface area contributed by atoms with Crippen LogP contribution in [0.4, 0.5) is 11.4 Å². The zero-order valence-corrected chi connectivity index (χ0v) is 13.3. The maximum atomic E-state index is 5.36. The number of anilines is 2. The zero-order valence-electron chi connectivity index (χ0n) is 13.3. The number of para-hydroxylation sites is 2. The highest BCUT2D eigenvalue weighted by Gasteiger charge is 2.27. The summed E-state index contributed by atoms with van der Waals surface area (Å²) in [6.45, 7) is 6.67. The van der Waals surface area contributed by atoms with Crippen molar-refractivity contribution in [1.82, 2.24) is 0 Å². The molecule has 0 unspecified atom stereocenters. The third-order valence-corrected chi connectivity index (χ3v) is 3.92. The molecule has 0 fully saturated rings. The van der Waals surface area contributed by atoms with E-state index in [0.29, 0.717) is 0 Å². The molecule has 2 aromatic rings. The quantitative estimate of drug-likeness (QED) is 0.715. The molecule has 0 bridgehead atoms. The molecule has 1 heterocycles. The number of rotatable bonds is 0. The minimum absolute atomic E-state index is 0.123. The number of benzene rings is 2. The van der Waals surface area contributed by atoms with Crippen LogP contribution < -0.4 is 10.6 Å². The van der Waals surface area contributed by atoms with E-state index in [2.05, 4.69) is 63.1 Å². The van der Waals surface area contributed by atoms with Gasteiger partial charge in [-0.1, -0.05) is 42.5 Å². The second kappa shape index (κ2) is 6.04. The zero-order chi connectivity index (χ0) is 15.5. The van der Waals surface area contributed by atoms with Crippen molar-refractivity contribution >= 4 is 16.9 Å². The number of likely N-dealkylation sites (N-methyl/N-ethyl adjacent to an activating group) is 1. The Bertz CT molecular complexity index is 627. The number of nitrogens with two attached hydrogens (primary N) is 1. The molecule has 0 amide bonds. The van der Waals surface area contributed by atoms with Gasteiger partial charge in [0, 0.05) is 24.0 Å². The number of hydrogen-bond donors (Lipinski definition) is 1. The van der Waals surface area contributed by atoms with Crippen molar-refractivity contribution in [2.45, 2.75) is 26.3 Å². The third-order valence-electron chi connectivity index (χ3n) is 3.92. The number of fused-ring (bicyclic) bond motifs is 1. The summed E-state index contributed by atoms with van der Waals surface area (Å²) in [7, 11) is 2.15. The van der Waals surface area contributed by atoms with Gasteiger partial charge in [-0.3, -0.25) is 0 Å². The minimum Gasteiger partial charge on any atom is -0.399 e. The van der Waals surface area contributed by atoms with Gasteiger partial charge >= 0.3 is 0 Å². The summed E-state index contributed by atoms with van der Waals surface area (Å²) in [6, 6.07) is 18.1. The smallest absolute Gasteiger partial charge is 0.0531 e. The first-order chi connectivity index (χ1) is 9.92. The summed E-state index contributed by atoms with van der Waals surface area (Å²) in [5.41, 5.74) is 10.4. The van der Waals surface area contributed by atoms with Gasteiger partial charge in [-0.15, -0.1) is 0 Å². The van der Waals surface area contributed by atoms with Crippen molar-refractivity contribution in [3.05, 3.63) is 66.2 Å². The SMILES string of the molecule is CC1=CC(C)(C)N(C)c2ccccc21.Nc1ccccc1. The fourth-order valence-electron chi connectivity index (χ4n) is 2.57. The van der Waals surface area contributed by atoms with Gasteiger partial charge in [0.05, 0.1) is 5.54 Å². The molecule has 0 aliphatic carbocycles. The standard InChI is InChI=1S/C13H17N.C6H7N/c1-10-9-13(2,3)14(4)12-8-6-5-7-11(10)12;7-6-4-2-1-3-5-6/h5-9H,1-4H3;1-5H,7H2. The van der Waals surface area contributed by atoms with E-state index in [1.54, 1.807) is 0 Å². The summed E-state index contributed by atoms with van der Waals surface area (Å²) < 4.78 is 0. The molecule has 2 nitrogen and oxygen atoms in total. The highest BCUT2D eigenvalue weighted by atomic mass is 15.2. The Morgan fingerprint density at radius 2 is 1.48 bits per heavy atom. The molecule has 2 aromatic carbocycles. The fourth-order valence-corrected chi connectivity index (χ4v) is 2.57. The first kappa shape index (κ1) is 15.2. The van der Waals surface area contributed by atoms with Crippen molar-refractivity contribution in [3.63, 3.8) is 0 Å². The van der Waals surface area contributed by atoms with Crippen molar-refractivity contribution in [1.29, 1.82) is 0 Å². The van der Waals surface area contributed by atoms with Gasteiger partial charge in [0.25, 0.3) is 0 Å². The molecule has 3 rings (SSSR count). The van der Waals surface area contributed by atoms with E-state index in [1.807, 2.05) is 30.3 Å². The lowest BCUT2D eigenvalue weighted by Gasteiger charge is -2.40. The van der Waals surface area contributed by atoms with E-state index in [0.717, 1.165) is 5.69 Å². The van der Waals surface area contributed by atoms with Gasteiger partial charge in [0.2, 0.25) is 0 Å². The second-order valence-corrected chi connectivity index (χ2v) is 5.97. The van der Waals surface area contributed by atoms with Gasteiger partial charge in [-0.25, -0.2) is 0 Å². The predicted octanol–water partition coefficient (Wildman–Crippen LogP) is 4.59. The summed E-state index contributed by atoms with van der Waals surface area (Å²) >= 11 is 0. The monoisotopic (exact) mass is 280 g/mol. The van der Waals surface area contributed by atoms with Crippen LogP contribution in [-0.2, 0) is 0 Å². The van der Waals surface area contributed by atoms with E-state index < -0.39 is 0 Å². The maximum absolute atomic E-state index is 5.36. The molecule has 2 heteroatoms. The Labute approximate surface area is 127 Å². The highest BCUT2D eigenvalue weighted by molar-refractivity contribution is 5.80. The van der Waals surface area contributed by atoms with Crippen LogP contribution in [0.3, 0.4) is 0 Å². The van der Waals surface area contributed by atoms with Crippen LogP contribution in [0.5, 0.6) is 0 Å². The van der Waals surface area contributed by atoms with Crippen LogP contribution in [0.15, 0.2) is 60.7 Å². The fraction of sp³-hybridized carbons (Fsp3) is 0.263. The maximum Gasteiger partial charge on any atom is 0.0531 e. The average molecular weight is 280 g/mol. The number of nitrogens with zero attached hydrogens (tertiary/aromatic N) is 1. The Balaban J connectivity index is 0.000000194. The molecule has 110 valence electrons. The summed E-state index contributed by atoms with van der Waals surface area (Å²) in [4.78, 5) is 2.33. The van der Waals surface area contributed by atoms with Crippen LogP contribution >= 0.6 is 0 Å². The topological polar surface area (TPSA) is 29.3 Å². The number of hydrogen-bond acceptors (Lipinski definition) is 2. The van der Waals surface area contributed by atoms with Crippen LogP contribution in [0.25, 0.3) is 5.57 Å². The lowest BCUT2D eigenvalue weighted by Crippen LogP contribution is -2.41. The Morgan fingerprint density at radius 3 is 2.05 bits per heavy atom. The first-order valence-electron chi connectivity index (χ1n) is 7.25.